The van der Waals surface area contributed by atoms with Crippen molar-refractivity contribution in [2.75, 3.05) is 18.5 Å². The predicted octanol–water partition coefficient (Wildman–Crippen LogP) is 4.21. The van der Waals surface area contributed by atoms with Crippen molar-refractivity contribution < 1.29 is 14.3 Å². The molecule has 0 radical (unpaired) electrons. The summed E-state index contributed by atoms with van der Waals surface area (Å²) in [6, 6.07) is 17.7. The highest BCUT2D eigenvalue weighted by Crippen LogP contribution is 2.31. The molecular weight excluding hydrogens is 340 g/mol. The standard InChI is InChI=1S/C22H22N2O3/c25-22(23-18-7-1-2-8-19(18)24-12-3-4-13-24)9-5-6-17-10-11-20-21(16-17)27-15-14-26-20/h1-4,7-8,10-13,16H,5-6,9,14-15H2,(H,23,25). The molecule has 1 aliphatic rings. The topological polar surface area (TPSA) is 52.5 Å². The van der Waals surface area contributed by atoms with Crippen LogP contribution in [0.2, 0.25) is 0 Å². The van der Waals surface area contributed by atoms with Gasteiger partial charge in [0, 0.05) is 18.8 Å². The molecule has 0 bridgehead atoms. The third kappa shape index (κ3) is 4.14. The van der Waals surface area contributed by atoms with Crippen LogP contribution in [0.3, 0.4) is 0 Å². The fourth-order valence-electron chi connectivity index (χ4n) is 3.21. The number of rotatable bonds is 6. The normalized spacial score (nSPS) is 12.6. The highest BCUT2D eigenvalue weighted by Gasteiger charge is 2.12. The molecule has 3 aromatic rings. The molecule has 1 aromatic heterocycles. The monoisotopic (exact) mass is 362 g/mol. The number of aromatic nitrogens is 1. The van der Waals surface area contributed by atoms with Crippen molar-refractivity contribution in [1.82, 2.24) is 4.57 Å². The number of carbonyl (C=O) groups is 1. The molecule has 5 nitrogen and oxygen atoms in total. The summed E-state index contributed by atoms with van der Waals surface area (Å²) in [4.78, 5) is 12.4. The van der Waals surface area contributed by atoms with Crippen molar-refractivity contribution in [3.05, 3.63) is 72.6 Å². The maximum Gasteiger partial charge on any atom is 0.224 e. The molecule has 2 heterocycles. The van der Waals surface area contributed by atoms with Gasteiger partial charge in [0.2, 0.25) is 5.91 Å². The number of nitrogens with zero attached hydrogens (tertiary/aromatic N) is 1. The Kier molecular flexibility index (Phi) is 5.10. The lowest BCUT2D eigenvalue weighted by atomic mass is 10.1. The molecule has 0 atom stereocenters. The number of hydrogen-bond acceptors (Lipinski definition) is 3. The Morgan fingerprint density at radius 2 is 1.74 bits per heavy atom. The Bertz CT molecular complexity index is 919. The van der Waals surface area contributed by atoms with Gasteiger partial charge >= 0.3 is 0 Å². The molecule has 0 saturated carbocycles. The minimum absolute atomic E-state index is 0.0205. The molecule has 138 valence electrons. The predicted molar refractivity (Wildman–Crippen MR) is 105 cm³/mol. The van der Waals surface area contributed by atoms with Gasteiger partial charge in [-0.3, -0.25) is 4.79 Å². The first-order chi connectivity index (χ1) is 13.3. The summed E-state index contributed by atoms with van der Waals surface area (Å²) in [5.74, 6) is 1.61. The number of carbonyl (C=O) groups excluding carboxylic acids is 1. The Hall–Kier alpha value is -3.21. The second-order valence-corrected chi connectivity index (χ2v) is 6.49. The smallest absolute Gasteiger partial charge is 0.224 e. The van der Waals surface area contributed by atoms with E-state index in [1.165, 1.54) is 0 Å². The number of benzene rings is 2. The van der Waals surface area contributed by atoms with E-state index < -0.39 is 0 Å². The molecule has 1 aliphatic heterocycles. The average molecular weight is 362 g/mol. The van der Waals surface area contributed by atoms with E-state index in [-0.39, 0.29) is 5.91 Å². The van der Waals surface area contributed by atoms with E-state index in [2.05, 4.69) is 5.32 Å². The molecule has 4 rings (SSSR count). The van der Waals surface area contributed by atoms with Gasteiger partial charge in [0.15, 0.2) is 11.5 Å². The minimum atomic E-state index is 0.0205. The fourth-order valence-corrected chi connectivity index (χ4v) is 3.21. The van der Waals surface area contributed by atoms with Gasteiger partial charge in [-0.05, 0) is 54.8 Å². The van der Waals surface area contributed by atoms with Gasteiger partial charge in [0.1, 0.15) is 13.2 Å². The third-order valence-corrected chi connectivity index (χ3v) is 4.54. The molecule has 0 unspecified atom stereocenters. The number of hydrogen-bond donors (Lipinski definition) is 1. The zero-order valence-electron chi connectivity index (χ0n) is 15.1. The highest BCUT2D eigenvalue weighted by atomic mass is 16.6. The van der Waals surface area contributed by atoms with E-state index in [0.717, 1.165) is 41.3 Å². The Morgan fingerprint density at radius 3 is 2.59 bits per heavy atom. The van der Waals surface area contributed by atoms with E-state index >= 15 is 0 Å². The lowest BCUT2D eigenvalue weighted by Gasteiger charge is -2.18. The van der Waals surface area contributed by atoms with Crippen LogP contribution in [-0.2, 0) is 11.2 Å². The summed E-state index contributed by atoms with van der Waals surface area (Å²) in [5, 5.41) is 3.03. The number of fused-ring (bicyclic) bond motifs is 1. The average Bonchev–Trinajstić information content (AvgIpc) is 3.23. The van der Waals surface area contributed by atoms with Gasteiger partial charge < -0.3 is 19.4 Å². The molecule has 1 N–H and O–H groups in total. The van der Waals surface area contributed by atoms with Crippen molar-refractivity contribution in [2.45, 2.75) is 19.3 Å². The van der Waals surface area contributed by atoms with Gasteiger partial charge in [-0.15, -0.1) is 0 Å². The van der Waals surface area contributed by atoms with Gasteiger partial charge in [0.25, 0.3) is 0 Å². The molecule has 1 amide bonds. The van der Waals surface area contributed by atoms with Gasteiger partial charge in [-0.1, -0.05) is 18.2 Å². The first-order valence-corrected chi connectivity index (χ1v) is 9.20. The quantitative estimate of drug-likeness (QED) is 0.715. The molecule has 0 aliphatic carbocycles. The number of amides is 1. The first kappa shape index (κ1) is 17.2. The molecule has 27 heavy (non-hydrogen) atoms. The second-order valence-electron chi connectivity index (χ2n) is 6.49. The lowest BCUT2D eigenvalue weighted by molar-refractivity contribution is -0.116. The third-order valence-electron chi connectivity index (χ3n) is 4.54. The van der Waals surface area contributed by atoms with Gasteiger partial charge in [-0.2, -0.15) is 0 Å². The van der Waals surface area contributed by atoms with E-state index in [9.17, 15) is 4.79 Å². The fraction of sp³-hybridized carbons (Fsp3) is 0.227. The highest BCUT2D eigenvalue weighted by molar-refractivity contribution is 5.92. The second kappa shape index (κ2) is 7.99. The van der Waals surface area contributed by atoms with E-state index in [4.69, 9.17) is 9.47 Å². The van der Waals surface area contributed by atoms with Crippen LogP contribution < -0.4 is 14.8 Å². The van der Waals surface area contributed by atoms with E-state index in [1.54, 1.807) is 0 Å². The summed E-state index contributed by atoms with van der Waals surface area (Å²) < 4.78 is 13.1. The summed E-state index contributed by atoms with van der Waals surface area (Å²) in [6.07, 6.45) is 5.99. The molecule has 2 aromatic carbocycles. The molecule has 0 fully saturated rings. The van der Waals surface area contributed by atoms with Crippen molar-refractivity contribution in [2.24, 2.45) is 0 Å². The largest absolute Gasteiger partial charge is 0.486 e. The molecule has 0 spiro atoms. The van der Waals surface area contributed by atoms with Crippen LogP contribution in [0, 0.1) is 0 Å². The van der Waals surface area contributed by atoms with Crippen molar-refractivity contribution in [3.63, 3.8) is 0 Å². The number of para-hydroxylation sites is 2. The summed E-state index contributed by atoms with van der Waals surface area (Å²) >= 11 is 0. The summed E-state index contributed by atoms with van der Waals surface area (Å²) in [7, 11) is 0. The van der Waals surface area contributed by atoms with Crippen molar-refractivity contribution in [3.8, 4) is 17.2 Å². The first-order valence-electron chi connectivity index (χ1n) is 9.20. The van der Waals surface area contributed by atoms with Crippen LogP contribution in [0.25, 0.3) is 5.69 Å². The van der Waals surface area contributed by atoms with Crippen LogP contribution in [0.4, 0.5) is 5.69 Å². The number of nitrogens with one attached hydrogen (secondary N) is 1. The SMILES string of the molecule is O=C(CCCc1ccc2c(c1)OCCO2)Nc1ccccc1-n1cccc1. The maximum absolute atomic E-state index is 12.4. The molecule has 0 saturated heterocycles. The Morgan fingerprint density at radius 1 is 0.963 bits per heavy atom. The minimum Gasteiger partial charge on any atom is -0.486 e. The van der Waals surface area contributed by atoms with E-state index in [0.29, 0.717) is 19.6 Å². The zero-order chi connectivity index (χ0) is 18.5. The zero-order valence-corrected chi connectivity index (χ0v) is 15.1. The van der Waals surface area contributed by atoms with Crippen LogP contribution in [0.15, 0.2) is 67.0 Å². The van der Waals surface area contributed by atoms with Crippen LogP contribution >= 0.6 is 0 Å². The van der Waals surface area contributed by atoms with Crippen molar-refractivity contribution in [1.29, 1.82) is 0 Å². The molecular formula is C22H22N2O3. The number of ether oxygens (including phenoxy) is 2. The van der Waals surface area contributed by atoms with Crippen LogP contribution in [0.5, 0.6) is 11.5 Å². The summed E-state index contributed by atoms with van der Waals surface area (Å²) in [6.45, 7) is 1.18. The molecule has 5 heteroatoms. The number of anilines is 1. The van der Waals surface area contributed by atoms with Gasteiger partial charge in [-0.25, -0.2) is 0 Å². The Labute approximate surface area is 158 Å². The summed E-state index contributed by atoms with van der Waals surface area (Å²) in [5.41, 5.74) is 2.93. The maximum atomic E-state index is 12.4. The Balaban J connectivity index is 1.33. The van der Waals surface area contributed by atoms with Crippen molar-refractivity contribution >= 4 is 11.6 Å². The van der Waals surface area contributed by atoms with E-state index in [1.807, 2.05) is 71.6 Å². The van der Waals surface area contributed by atoms with Crippen LogP contribution in [0.1, 0.15) is 18.4 Å². The van der Waals surface area contributed by atoms with Gasteiger partial charge in [0.05, 0.1) is 11.4 Å². The lowest BCUT2D eigenvalue weighted by Crippen LogP contribution is -2.15. The van der Waals surface area contributed by atoms with Crippen LogP contribution in [-0.4, -0.2) is 23.7 Å². The number of aryl methyl sites for hydroxylation is 1.